The molecule has 2 amide bonds. The monoisotopic (exact) mass is 435 g/mol. The predicted octanol–water partition coefficient (Wildman–Crippen LogP) is 3.73. The minimum absolute atomic E-state index is 0.0604. The van der Waals surface area contributed by atoms with Gasteiger partial charge in [0.25, 0.3) is 5.91 Å². The second kappa shape index (κ2) is 8.94. The van der Waals surface area contributed by atoms with Crippen LogP contribution in [0.25, 0.3) is 0 Å². The first-order valence-electron chi connectivity index (χ1n) is 9.26. The van der Waals surface area contributed by atoms with E-state index in [2.05, 4.69) is 10.6 Å². The van der Waals surface area contributed by atoms with E-state index in [0.717, 1.165) is 19.3 Å². The van der Waals surface area contributed by atoms with Gasteiger partial charge in [-0.15, -0.1) is 0 Å². The first-order valence-corrected chi connectivity index (χ1v) is 11.1. The number of hydrogen-bond acceptors (Lipinski definition) is 4. The molecule has 1 saturated heterocycles. The second-order valence-corrected chi connectivity index (χ2v) is 9.14. The number of hydrogen-bond donors (Lipinski definition) is 2. The lowest BCUT2D eigenvalue weighted by atomic mass is 10.2. The molecular weight excluding hydrogens is 414 g/mol. The molecule has 3 rings (SSSR count). The molecule has 1 heterocycles. The van der Waals surface area contributed by atoms with E-state index in [-0.39, 0.29) is 21.4 Å². The Hall–Kier alpha value is -2.42. The van der Waals surface area contributed by atoms with Crippen molar-refractivity contribution >= 4 is 44.8 Å². The molecule has 0 saturated carbocycles. The minimum atomic E-state index is -3.76. The van der Waals surface area contributed by atoms with Gasteiger partial charge in [0.15, 0.2) is 0 Å². The zero-order valence-corrected chi connectivity index (χ0v) is 17.5. The van der Waals surface area contributed by atoms with Crippen molar-refractivity contribution in [2.45, 2.75) is 31.1 Å². The quantitative estimate of drug-likeness (QED) is 0.748. The molecule has 9 heteroatoms. The molecule has 0 unspecified atom stereocenters. The zero-order chi connectivity index (χ0) is 21.0. The van der Waals surface area contributed by atoms with Gasteiger partial charge in [-0.1, -0.05) is 18.0 Å². The van der Waals surface area contributed by atoms with Gasteiger partial charge in [0.1, 0.15) is 4.90 Å². The second-order valence-electron chi connectivity index (χ2n) is 6.82. The summed E-state index contributed by atoms with van der Waals surface area (Å²) in [5, 5.41) is 5.44. The summed E-state index contributed by atoms with van der Waals surface area (Å²) >= 11 is 6.15. The SMILES string of the molecule is CC(=O)Nc1ccc(NC(=O)c2ccc(Cl)c(S(=O)(=O)N3CCCCC3)c2)cc1. The number of piperidine rings is 1. The summed E-state index contributed by atoms with van der Waals surface area (Å²) in [6, 6.07) is 10.8. The molecule has 0 radical (unpaired) electrons. The number of carbonyl (C=O) groups excluding carboxylic acids is 2. The van der Waals surface area contributed by atoms with Crippen LogP contribution in [-0.4, -0.2) is 37.6 Å². The average molecular weight is 436 g/mol. The summed E-state index contributed by atoms with van der Waals surface area (Å²) in [6.45, 7) is 2.32. The van der Waals surface area contributed by atoms with Gasteiger partial charge >= 0.3 is 0 Å². The molecule has 29 heavy (non-hydrogen) atoms. The molecular formula is C20H22ClN3O4S. The highest BCUT2D eigenvalue weighted by Crippen LogP contribution is 2.28. The number of nitrogens with one attached hydrogen (secondary N) is 2. The number of nitrogens with zero attached hydrogens (tertiary/aromatic N) is 1. The Morgan fingerprint density at radius 1 is 0.931 bits per heavy atom. The van der Waals surface area contributed by atoms with Gasteiger partial charge < -0.3 is 10.6 Å². The lowest BCUT2D eigenvalue weighted by Gasteiger charge is -2.26. The van der Waals surface area contributed by atoms with Crippen LogP contribution in [0.5, 0.6) is 0 Å². The normalized spacial score (nSPS) is 15.0. The van der Waals surface area contributed by atoms with Crippen LogP contribution in [0.1, 0.15) is 36.5 Å². The number of rotatable bonds is 5. The van der Waals surface area contributed by atoms with Crippen molar-refractivity contribution in [1.29, 1.82) is 0 Å². The maximum absolute atomic E-state index is 12.9. The lowest BCUT2D eigenvalue weighted by Crippen LogP contribution is -2.35. The molecule has 7 nitrogen and oxygen atoms in total. The van der Waals surface area contributed by atoms with E-state index in [1.807, 2.05) is 0 Å². The molecule has 1 aliphatic rings. The van der Waals surface area contributed by atoms with E-state index in [1.54, 1.807) is 24.3 Å². The van der Waals surface area contributed by atoms with Gasteiger partial charge in [-0.05, 0) is 55.3 Å². The third-order valence-corrected chi connectivity index (χ3v) is 6.97. The minimum Gasteiger partial charge on any atom is -0.326 e. The van der Waals surface area contributed by atoms with Gasteiger partial charge in [0.05, 0.1) is 5.02 Å². The maximum Gasteiger partial charge on any atom is 0.255 e. The van der Waals surface area contributed by atoms with Crippen molar-refractivity contribution < 1.29 is 18.0 Å². The summed E-state index contributed by atoms with van der Waals surface area (Å²) in [5.41, 5.74) is 1.31. The summed E-state index contributed by atoms with van der Waals surface area (Å²) in [4.78, 5) is 23.6. The van der Waals surface area contributed by atoms with Gasteiger partial charge in [-0.25, -0.2) is 8.42 Å². The van der Waals surface area contributed by atoms with Crippen molar-refractivity contribution in [2.24, 2.45) is 0 Å². The van der Waals surface area contributed by atoms with Gasteiger partial charge in [-0.3, -0.25) is 9.59 Å². The van der Waals surface area contributed by atoms with Crippen molar-refractivity contribution in [3.8, 4) is 0 Å². The third kappa shape index (κ3) is 5.14. The Morgan fingerprint density at radius 2 is 1.52 bits per heavy atom. The smallest absolute Gasteiger partial charge is 0.255 e. The third-order valence-electron chi connectivity index (χ3n) is 4.59. The van der Waals surface area contributed by atoms with Gasteiger partial charge in [-0.2, -0.15) is 4.31 Å². The van der Waals surface area contributed by atoms with Gasteiger partial charge in [0.2, 0.25) is 15.9 Å². The highest BCUT2D eigenvalue weighted by molar-refractivity contribution is 7.89. The molecule has 1 aliphatic heterocycles. The molecule has 2 N–H and O–H groups in total. The molecule has 0 atom stereocenters. The predicted molar refractivity (Wildman–Crippen MR) is 113 cm³/mol. The number of carbonyl (C=O) groups is 2. The van der Waals surface area contributed by atoms with Crippen LogP contribution >= 0.6 is 11.6 Å². The number of benzene rings is 2. The Morgan fingerprint density at radius 3 is 2.10 bits per heavy atom. The van der Waals surface area contributed by atoms with Crippen molar-refractivity contribution in [1.82, 2.24) is 4.31 Å². The van der Waals surface area contributed by atoms with Crippen molar-refractivity contribution in [3.05, 3.63) is 53.1 Å². The molecule has 2 aromatic rings. The molecule has 1 fully saturated rings. The fourth-order valence-electron chi connectivity index (χ4n) is 3.13. The highest BCUT2D eigenvalue weighted by Gasteiger charge is 2.28. The van der Waals surface area contributed by atoms with E-state index in [0.29, 0.717) is 24.5 Å². The van der Waals surface area contributed by atoms with Crippen LogP contribution in [0.15, 0.2) is 47.4 Å². The molecule has 2 aromatic carbocycles. The average Bonchev–Trinajstić information content (AvgIpc) is 2.70. The fraction of sp³-hybridized carbons (Fsp3) is 0.300. The Bertz CT molecular complexity index is 1020. The molecule has 0 aromatic heterocycles. The fourth-order valence-corrected chi connectivity index (χ4v) is 5.15. The van der Waals surface area contributed by atoms with Crippen LogP contribution < -0.4 is 10.6 Å². The molecule has 154 valence electrons. The Balaban J connectivity index is 1.79. The summed E-state index contributed by atoms with van der Waals surface area (Å²) in [7, 11) is -3.76. The van der Waals surface area contributed by atoms with E-state index >= 15 is 0 Å². The van der Waals surface area contributed by atoms with Gasteiger partial charge in [0, 0.05) is 37.0 Å². The standard InChI is InChI=1S/C20H22ClN3O4S/c1-14(25)22-16-6-8-17(9-7-16)23-20(26)15-5-10-18(21)19(13-15)29(27,28)24-11-3-2-4-12-24/h5-10,13H,2-4,11-12H2,1H3,(H,22,25)(H,23,26). The molecule has 0 aliphatic carbocycles. The summed E-state index contributed by atoms with van der Waals surface area (Å²) in [6.07, 6.45) is 2.62. The summed E-state index contributed by atoms with van der Waals surface area (Å²) < 4.78 is 27.3. The van der Waals surface area contributed by atoms with Crippen LogP contribution in [0.2, 0.25) is 5.02 Å². The Kier molecular flexibility index (Phi) is 6.56. The zero-order valence-electron chi connectivity index (χ0n) is 15.9. The Labute approximate surface area is 175 Å². The first kappa shape index (κ1) is 21.3. The van der Waals surface area contributed by atoms with E-state index in [1.165, 1.54) is 29.4 Å². The molecule has 0 spiro atoms. The highest BCUT2D eigenvalue weighted by atomic mass is 35.5. The maximum atomic E-state index is 12.9. The van der Waals surface area contributed by atoms with Crippen molar-refractivity contribution in [3.63, 3.8) is 0 Å². The topological polar surface area (TPSA) is 95.6 Å². The number of sulfonamides is 1. The first-order chi connectivity index (χ1) is 13.8. The van der Waals surface area contributed by atoms with Crippen LogP contribution in [0, 0.1) is 0 Å². The number of halogens is 1. The van der Waals surface area contributed by atoms with E-state index < -0.39 is 15.9 Å². The largest absolute Gasteiger partial charge is 0.326 e. The van der Waals surface area contributed by atoms with Crippen LogP contribution in [0.3, 0.4) is 0 Å². The lowest BCUT2D eigenvalue weighted by molar-refractivity contribution is -0.114. The van der Waals surface area contributed by atoms with E-state index in [9.17, 15) is 18.0 Å². The number of anilines is 2. The van der Waals surface area contributed by atoms with E-state index in [4.69, 9.17) is 11.6 Å². The summed E-state index contributed by atoms with van der Waals surface area (Å²) in [5.74, 6) is -0.644. The van der Waals surface area contributed by atoms with Crippen LogP contribution in [-0.2, 0) is 14.8 Å². The molecule has 0 bridgehead atoms. The van der Waals surface area contributed by atoms with Crippen LogP contribution in [0.4, 0.5) is 11.4 Å². The number of amides is 2. The van der Waals surface area contributed by atoms with Crippen molar-refractivity contribution in [2.75, 3.05) is 23.7 Å².